The molecule has 1 rings (SSSR count). The molecule has 0 aromatic carbocycles. The van der Waals surface area contributed by atoms with Crippen LogP contribution >= 0.6 is 0 Å². The molecular weight excluding hydrogens is 250 g/mol. The Balaban J connectivity index is 2.94. The second kappa shape index (κ2) is 8.36. The standard InChI is InChI=1S/C15H25N5/c1-5-8-17-15-18-10-13(4)14(19-15)20(9-6-7-16)11-12(2)3/h10,12H,5-6,8-9,11H2,1-4H3,(H,17,18,19). The Morgan fingerprint density at radius 2 is 2.20 bits per heavy atom. The normalized spacial score (nSPS) is 10.4. The molecule has 1 aromatic heterocycles. The van der Waals surface area contributed by atoms with Crippen LogP contribution in [0.3, 0.4) is 0 Å². The molecule has 110 valence electrons. The summed E-state index contributed by atoms with van der Waals surface area (Å²) in [5.41, 5.74) is 1.05. The minimum Gasteiger partial charge on any atom is -0.355 e. The lowest BCUT2D eigenvalue weighted by Gasteiger charge is -2.26. The van der Waals surface area contributed by atoms with E-state index in [1.807, 2.05) is 13.1 Å². The molecule has 1 N–H and O–H groups in total. The first-order valence-corrected chi connectivity index (χ1v) is 7.27. The summed E-state index contributed by atoms with van der Waals surface area (Å²) in [6.45, 7) is 10.9. The van der Waals surface area contributed by atoms with Crippen molar-refractivity contribution in [3.8, 4) is 6.07 Å². The highest BCUT2D eigenvalue weighted by molar-refractivity contribution is 5.49. The van der Waals surface area contributed by atoms with Crippen LogP contribution in [0, 0.1) is 24.2 Å². The van der Waals surface area contributed by atoms with E-state index in [9.17, 15) is 0 Å². The number of hydrogen-bond acceptors (Lipinski definition) is 5. The van der Waals surface area contributed by atoms with E-state index in [4.69, 9.17) is 5.26 Å². The van der Waals surface area contributed by atoms with Crippen LogP contribution in [-0.4, -0.2) is 29.6 Å². The van der Waals surface area contributed by atoms with Gasteiger partial charge in [0.1, 0.15) is 5.82 Å². The first-order chi connectivity index (χ1) is 9.58. The van der Waals surface area contributed by atoms with Crippen molar-refractivity contribution < 1.29 is 0 Å². The van der Waals surface area contributed by atoms with E-state index in [0.29, 0.717) is 24.8 Å². The molecule has 20 heavy (non-hydrogen) atoms. The van der Waals surface area contributed by atoms with E-state index in [1.54, 1.807) is 0 Å². The molecule has 0 radical (unpaired) electrons. The lowest BCUT2D eigenvalue weighted by Crippen LogP contribution is -2.30. The smallest absolute Gasteiger partial charge is 0.224 e. The Kier molecular flexibility index (Phi) is 6.78. The molecule has 1 heterocycles. The van der Waals surface area contributed by atoms with Crippen molar-refractivity contribution in [3.05, 3.63) is 11.8 Å². The third-order valence-electron chi connectivity index (χ3n) is 2.86. The van der Waals surface area contributed by atoms with Crippen LogP contribution in [0.4, 0.5) is 11.8 Å². The average Bonchev–Trinajstić information content (AvgIpc) is 2.42. The van der Waals surface area contributed by atoms with Gasteiger partial charge in [0.15, 0.2) is 0 Å². The van der Waals surface area contributed by atoms with Crippen LogP contribution < -0.4 is 10.2 Å². The molecule has 1 aromatic rings. The van der Waals surface area contributed by atoms with Crippen molar-refractivity contribution in [2.45, 2.75) is 40.5 Å². The van der Waals surface area contributed by atoms with Crippen molar-refractivity contribution in [1.82, 2.24) is 9.97 Å². The molecule has 0 spiro atoms. The zero-order valence-electron chi connectivity index (χ0n) is 13.0. The second-order valence-electron chi connectivity index (χ2n) is 5.37. The van der Waals surface area contributed by atoms with Gasteiger partial charge in [-0.3, -0.25) is 0 Å². The van der Waals surface area contributed by atoms with Crippen LogP contribution in [0.5, 0.6) is 0 Å². The van der Waals surface area contributed by atoms with Gasteiger partial charge >= 0.3 is 0 Å². The summed E-state index contributed by atoms with van der Waals surface area (Å²) >= 11 is 0. The summed E-state index contributed by atoms with van der Waals surface area (Å²) in [6, 6.07) is 2.21. The number of hydrogen-bond donors (Lipinski definition) is 1. The predicted molar refractivity (Wildman–Crippen MR) is 82.8 cm³/mol. The van der Waals surface area contributed by atoms with Gasteiger partial charge in [-0.2, -0.15) is 10.2 Å². The fourth-order valence-electron chi connectivity index (χ4n) is 1.98. The molecule has 0 aliphatic rings. The van der Waals surface area contributed by atoms with E-state index in [2.05, 4.69) is 47.0 Å². The van der Waals surface area contributed by atoms with Crippen molar-refractivity contribution in [2.75, 3.05) is 29.9 Å². The fourth-order valence-corrected chi connectivity index (χ4v) is 1.98. The van der Waals surface area contributed by atoms with Gasteiger partial charge in [0.2, 0.25) is 5.95 Å². The van der Waals surface area contributed by atoms with Crippen molar-refractivity contribution in [3.63, 3.8) is 0 Å². The van der Waals surface area contributed by atoms with E-state index in [-0.39, 0.29) is 0 Å². The van der Waals surface area contributed by atoms with E-state index < -0.39 is 0 Å². The van der Waals surface area contributed by atoms with Gasteiger partial charge in [-0.1, -0.05) is 20.8 Å². The van der Waals surface area contributed by atoms with Crippen LogP contribution in [0.1, 0.15) is 39.2 Å². The van der Waals surface area contributed by atoms with Gasteiger partial charge in [-0.05, 0) is 19.3 Å². The van der Waals surface area contributed by atoms with E-state index in [1.165, 1.54) is 0 Å². The van der Waals surface area contributed by atoms with Crippen LogP contribution in [0.2, 0.25) is 0 Å². The Morgan fingerprint density at radius 1 is 1.45 bits per heavy atom. The molecule has 0 aliphatic carbocycles. The van der Waals surface area contributed by atoms with Gasteiger partial charge in [-0.25, -0.2) is 4.98 Å². The van der Waals surface area contributed by atoms with E-state index >= 15 is 0 Å². The Morgan fingerprint density at radius 3 is 2.80 bits per heavy atom. The van der Waals surface area contributed by atoms with Crippen LogP contribution in [-0.2, 0) is 0 Å². The highest BCUT2D eigenvalue weighted by atomic mass is 15.2. The van der Waals surface area contributed by atoms with Crippen molar-refractivity contribution >= 4 is 11.8 Å². The number of nitrogens with zero attached hydrogens (tertiary/aromatic N) is 4. The van der Waals surface area contributed by atoms with Crippen LogP contribution in [0.25, 0.3) is 0 Å². The lowest BCUT2D eigenvalue weighted by atomic mass is 10.2. The number of aryl methyl sites for hydroxylation is 1. The quantitative estimate of drug-likeness (QED) is 0.790. The van der Waals surface area contributed by atoms with Gasteiger partial charge in [-0.15, -0.1) is 0 Å². The van der Waals surface area contributed by atoms with Crippen LogP contribution in [0.15, 0.2) is 6.20 Å². The summed E-state index contributed by atoms with van der Waals surface area (Å²) in [7, 11) is 0. The lowest BCUT2D eigenvalue weighted by molar-refractivity contribution is 0.606. The molecule has 0 saturated heterocycles. The van der Waals surface area contributed by atoms with Gasteiger partial charge < -0.3 is 10.2 Å². The van der Waals surface area contributed by atoms with Gasteiger partial charge in [0, 0.05) is 31.4 Å². The minimum absolute atomic E-state index is 0.508. The minimum atomic E-state index is 0.508. The number of rotatable bonds is 8. The highest BCUT2D eigenvalue weighted by Crippen LogP contribution is 2.19. The maximum atomic E-state index is 8.81. The SMILES string of the molecule is CCCNc1ncc(C)c(N(CCC#N)CC(C)C)n1. The summed E-state index contributed by atoms with van der Waals surface area (Å²) in [5, 5.41) is 12.0. The largest absolute Gasteiger partial charge is 0.355 e. The molecule has 0 bridgehead atoms. The fraction of sp³-hybridized carbons (Fsp3) is 0.667. The van der Waals surface area contributed by atoms with Gasteiger partial charge in [0.05, 0.1) is 12.5 Å². The zero-order chi connectivity index (χ0) is 15.0. The Labute approximate surface area is 122 Å². The summed E-state index contributed by atoms with van der Waals surface area (Å²) in [4.78, 5) is 11.1. The number of nitriles is 1. The maximum Gasteiger partial charge on any atom is 0.224 e. The molecule has 0 saturated carbocycles. The van der Waals surface area contributed by atoms with Crippen molar-refractivity contribution in [2.24, 2.45) is 5.92 Å². The third kappa shape index (κ3) is 5.04. The Bertz CT molecular complexity index is 450. The molecule has 0 amide bonds. The average molecular weight is 275 g/mol. The van der Waals surface area contributed by atoms with E-state index in [0.717, 1.165) is 30.9 Å². The number of anilines is 2. The molecule has 5 heteroatoms. The Hall–Kier alpha value is -1.83. The first kappa shape index (κ1) is 16.2. The molecule has 0 atom stereocenters. The molecule has 0 aliphatic heterocycles. The molecule has 5 nitrogen and oxygen atoms in total. The predicted octanol–water partition coefficient (Wildman–Crippen LogP) is 2.98. The van der Waals surface area contributed by atoms with Crippen molar-refractivity contribution in [1.29, 1.82) is 5.26 Å². The topological polar surface area (TPSA) is 64.8 Å². The third-order valence-corrected chi connectivity index (χ3v) is 2.86. The zero-order valence-corrected chi connectivity index (χ0v) is 13.0. The monoisotopic (exact) mass is 275 g/mol. The number of aromatic nitrogens is 2. The molecular formula is C15H25N5. The molecule has 0 fully saturated rings. The summed E-state index contributed by atoms with van der Waals surface area (Å²) in [6.07, 6.45) is 3.39. The first-order valence-electron chi connectivity index (χ1n) is 7.27. The number of nitrogens with one attached hydrogen (secondary N) is 1. The highest BCUT2D eigenvalue weighted by Gasteiger charge is 2.13. The van der Waals surface area contributed by atoms with Gasteiger partial charge in [0.25, 0.3) is 0 Å². The summed E-state index contributed by atoms with van der Waals surface area (Å²) in [5.74, 6) is 2.12. The second-order valence-corrected chi connectivity index (χ2v) is 5.37. The molecule has 0 unspecified atom stereocenters. The summed E-state index contributed by atoms with van der Waals surface area (Å²) < 4.78 is 0. The maximum absolute atomic E-state index is 8.81.